The summed E-state index contributed by atoms with van der Waals surface area (Å²) >= 11 is 0. The zero-order valence-corrected chi connectivity index (χ0v) is 12.1. The molecule has 0 aliphatic rings. The molecule has 3 N–H and O–H groups in total. The predicted molar refractivity (Wildman–Crippen MR) is 81.2 cm³/mol. The first-order chi connectivity index (χ1) is 9.60. The van der Waals surface area contributed by atoms with Crippen LogP contribution in [0.5, 0.6) is 0 Å². The second kappa shape index (κ2) is 8.37. The van der Waals surface area contributed by atoms with Crippen molar-refractivity contribution in [3.63, 3.8) is 0 Å². The Kier molecular flexibility index (Phi) is 6.79. The molecule has 0 saturated heterocycles. The van der Waals surface area contributed by atoms with Gasteiger partial charge in [-0.2, -0.15) is 0 Å². The number of nitro benzene ring substituents is 1. The molecule has 1 aromatic rings. The summed E-state index contributed by atoms with van der Waals surface area (Å²) in [5.74, 6) is 0.377. The number of non-ortho nitro benzene ring substituents is 1. The van der Waals surface area contributed by atoms with Crippen molar-refractivity contribution < 1.29 is 10.0 Å². The fourth-order valence-electron chi connectivity index (χ4n) is 2.16. The molecule has 0 radical (unpaired) electrons. The molecule has 0 heterocycles. The van der Waals surface area contributed by atoms with Crippen LogP contribution >= 0.6 is 0 Å². The van der Waals surface area contributed by atoms with Crippen molar-refractivity contribution >= 4 is 17.1 Å². The lowest BCUT2D eigenvalue weighted by Gasteiger charge is -2.17. The molecule has 112 valence electrons. The average molecular weight is 281 g/mol. The van der Waals surface area contributed by atoms with Crippen molar-refractivity contribution in [2.24, 2.45) is 5.92 Å². The Hall–Kier alpha value is -1.82. The second-order valence-electron chi connectivity index (χ2n) is 4.82. The van der Waals surface area contributed by atoms with E-state index in [1.54, 1.807) is 7.05 Å². The highest BCUT2D eigenvalue weighted by molar-refractivity contribution is 5.63. The van der Waals surface area contributed by atoms with Crippen LogP contribution in [0.2, 0.25) is 0 Å². The molecule has 0 aliphatic carbocycles. The van der Waals surface area contributed by atoms with Crippen LogP contribution in [0.15, 0.2) is 18.2 Å². The Bertz CT molecular complexity index is 432. The van der Waals surface area contributed by atoms with Crippen molar-refractivity contribution in [2.75, 3.05) is 30.8 Å². The van der Waals surface area contributed by atoms with Gasteiger partial charge in [0.15, 0.2) is 0 Å². The summed E-state index contributed by atoms with van der Waals surface area (Å²) in [5, 5.41) is 26.1. The Morgan fingerprint density at radius 2 is 2.00 bits per heavy atom. The Labute approximate surface area is 119 Å². The van der Waals surface area contributed by atoms with E-state index in [0.717, 1.165) is 24.9 Å². The number of aliphatic hydroxyl groups excluding tert-OH is 1. The molecule has 1 atom stereocenters. The van der Waals surface area contributed by atoms with E-state index in [1.807, 2.05) is 6.07 Å². The molecule has 0 bridgehead atoms. The van der Waals surface area contributed by atoms with E-state index < -0.39 is 4.92 Å². The first-order valence-corrected chi connectivity index (χ1v) is 6.92. The van der Waals surface area contributed by atoms with Crippen LogP contribution in [0.1, 0.15) is 26.2 Å². The summed E-state index contributed by atoms with van der Waals surface area (Å²) in [4.78, 5) is 10.5. The van der Waals surface area contributed by atoms with E-state index in [1.165, 1.54) is 12.1 Å². The van der Waals surface area contributed by atoms with E-state index in [9.17, 15) is 10.1 Å². The third-order valence-corrected chi connectivity index (χ3v) is 3.25. The summed E-state index contributed by atoms with van der Waals surface area (Å²) in [7, 11) is 1.73. The molecule has 1 unspecified atom stereocenters. The minimum Gasteiger partial charge on any atom is -0.396 e. The van der Waals surface area contributed by atoms with Crippen LogP contribution < -0.4 is 10.6 Å². The zero-order chi connectivity index (χ0) is 15.0. The van der Waals surface area contributed by atoms with Gasteiger partial charge in [0.2, 0.25) is 0 Å². The lowest BCUT2D eigenvalue weighted by atomic mass is 10.00. The average Bonchev–Trinajstić information content (AvgIpc) is 2.44. The molecule has 0 fully saturated rings. The number of anilines is 2. The minimum atomic E-state index is -0.400. The number of benzene rings is 1. The maximum atomic E-state index is 10.9. The first-order valence-electron chi connectivity index (χ1n) is 6.92. The normalized spacial score (nSPS) is 11.9. The largest absolute Gasteiger partial charge is 0.396 e. The summed E-state index contributed by atoms with van der Waals surface area (Å²) in [6.45, 7) is 2.98. The number of nitrogens with zero attached hydrogens (tertiary/aromatic N) is 1. The lowest BCUT2D eigenvalue weighted by Crippen LogP contribution is -2.15. The number of nitro groups is 1. The van der Waals surface area contributed by atoms with E-state index >= 15 is 0 Å². The number of aliphatic hydroxyl groups is 1. The van der Waals surface area contributed by atoms with Gasteiger partial charge in [-0.25, -0.2) is 0 Å². The third-order valence-electron chi connectivity index (χ3n) is 3.25. The maximum absolute atomic E-state index is 10.9. The Balaban J connectivity index is 2.75. The van der Waals surface area contributed by atoms with Gasteiger partial charge in [-0.3, -0.25) is 10.1 Å². The van der Waals surface area contributed by atoms with Crippen LogP contribution in [-0.2, 0) is 0 Å². The van der Waals surface area contributed by atoms with Crippen molar-refractivity contribution in [2.45, 2.75) is 26.2 Å². The van der Waals surface area contributed by atoms with Crippen molar-refractivity contribution in [1.29, 1.82) is 0 Å². The van der Waals surface area contributed by atoms with Gasteiger partial charge in [-0.05, 0) is 24.8 Å². The summed E-state index contributed by atoms with van der Waals surface area (Å²) < 4.78 is 0. The molecule has 0 saturated carbocycles. The molecule has 1 rings (SSSR count). The van der Waals surface area contributed by atoms with Gasteiger partial charge >= 0.3 is 0 Å². The van der Waals surface area contributed by atoms with Gasteiger partial charge < -0.3 is 15.7 Å². The second-order valence-corrected chi connectivity index (χ2v) is 4.82. The standard InChI is InChI=1S/C14H23N3O3/c1-3-4-11(5-6-18)10-16-13-7-12(15-2)8-14(9-13)17(19)20/h7-9,11,15-16,18H,3-6,10H2,1-2H3. The Morgan fingerprint density at radius 1 is 1.30 bits per heavy atom. The molecular formula is C14H23N3O3. The summed E-state index contributed by atoms with van der Waals surface area (Å²) in [6, 6.07) is 4.88. The van der Waals surface area contributed by atoms with Gasteiger partial charge in [-0.15, -0.1) is 0 Å². The molecule has 6 heteroatoms. The number of hydrogen-bond acceptors (Lipinski definition) is 5. The molecule has 0 amide bonds. The summed E-state index contributed by atoms with van der Waals surface area (Å²) in [5.41, 5.74) is 1.49. The van der Waals surface area contributed by atoms with E-state index in [0.29, 0.717) is 18.2 Å². The van der Waals surface area contributed by atoms with Gasteiger partial charge in [0.25, 0.3) is 5.69 Å². The Morgan fingerprint density at radius 3 is 2.55 bits per heavy atom. The van der Waals surface area contributed by atoms with Gasteiger partial charge in [0.05, 0.1) is 4.92 Å². The van der Waals surface area contributed by atoms with Crippen LogP contribution in [-0.4, -0.2) is 30.2 Å². The van der Waals surface area contributed by atoms with Gasteiger partial charge in [0, 0.05) is 43.7 Å². The van der Waals surface area contributed by atoms with Crippen molar-refractivity contribution in [3.05, 3.63) is 28.3 Å². The third kappa shape index (κ3) is 5.05. The smallest absolute Gasteiger partial charge is 0.273 e. The SMILES string of the molecule is CCCC(CCO)CNc1cc(NC)cc([N+](=O)[O-])c1. The molecule has 0 aliphatic heterocycles. The van der Waals surface area contributed by atoms with Crippen LogP contribution in [0.25, 0.3) is 0 Å². The van der Waals surface area contributed by atoms with E-state index in [-0.39, 0.29) is 12.3 Å². The van der Waals surface area contributed by atoms with E-state index in [4.69, 9.17) is 5.11 Å². The highest BCUT2D eigenvalue weighted by Crippen LogP contribution is 2.24. The highest BCUT2D eigenvalue weighted by Gasteiger charge is 2.11. The van der Waals surface area contributed by atoms with Crippen LogP contribution in [0, 0.1) is 16.0 Å². The predicted octanol–water partition coefficient (Wildman–Crippen LogP) is 2.85. The van der Waals surface area contributed by atoms with E-state index in [2.05, 4.69) is 17.6 Å². The number of hydrogen-bond donors (Lipinski definition) is 3. The van der Waals surface area contributed by atoms with Gasteiger partial charge in [0.1, 0.15) is 0 Å². The number of nitrogens with one attached hydrogen (secondary N) is 2. The quantitative estimate of drug-likeness (QED) is 0.478. The van der Waals surface area contributed by atoms with Crippen LogP contribution in [0.3, 0.4) is 0 Å². The maximum Gasteiger partial charge on any atom is 0.273 e. The molecule has 20 heavy (non-hydrogen) atoms. The molecule has 1 aromatic carbocycles. The lowest BCUT2D eigenvalue weighted by molar-refractivity contribution is -0.384. The summed E-state index contributed by atoms with van der Waals surface area (Å²) in [6.07, 6.45) is 2.83. The monoisotopic (exact) mass is 281 g/mol. The number of rotatable bonds is 9. The highest BCUT2D eigenvalue weighted by atomic mass is 16.6. The molecule has 6 nitrogen and oxygen atoms in total. The molecule has 0 aromatic heterocycles. The topological polar surface area (TPSA) is 87.4 Å². The van der Waals surface area contributed by atoms with Crippen molar-refractivity contribution in [3.8, 4) is 0 Å². The van der Waals surface area contributed by atoms with Crippen molar-refractivity contribution in [1.82, 2.24) is 0 Å². The molecular weight excluding hydrogens is 258 g/mol. The molecule has 0 spiro atoms. The minimum absolute atomic E-state index is 0.0635. The fraction of sp³-hybridized carbons (Fsp3) is 0.571. The van der Waals surface area contributed by atoms with Crippen LogP contribution in [0.4, 0.5) is 17.1 Å². The fourth-order valence-corrected chi connectivity index (χ4v) is 2.16. The zero-order valence-electron chi connectivity index (χ0n) is 12.1. The van der Waals surface area contributed by atoms with Gasteiger partial charge in [-0.1, -0.05) is 13.3 Å². The first kappa shape index (κ1) is 16.2.